The van der Waals surface area contributed by atoms with Crippen LogP contribution in [-0.2, 0) is 17.9 Å². The van der Waals surface area contributed by atoms with Crippen LogP contribution in [0.4, 0.5) is 14.9 Å². The van der Waals surface area contributed by atoms with Crippen LogP contribution in [-0.4, -0.2) is 48.4 Å². The van der Waals surface area contributed by atoms with E-state index in [1.807, 2.05) is 17.0 Å². The van der Waals surface area contributed by atoms with E-state index in [-0.39, 0.29) is 12.5 Å². The average Bonchev–Trinajstić information content (AvgIpc) is 2.66. The normalized spacial score (nSPS) is 14.8. The summed E-state index contributed by atoms with van der Waals surface area (Å²) in [5.41, 5.74) is 1.76. The zero-order chi connectivity index (χ0) is 20.1. The van der Waals surface area contributed by atoms with Crippen molar-refractivity contribution < 1.29 is 14.0 Å². The Hall–Kier alpha value is -2.64. The molecule has 148 valence electrons. The fraction of sp³-hybridized carbons (Fsp3) is 0.300. The lowest BCUT2D eigenvalue weighted by molar-refractivity contribution is -0.134. The smallest absolute Gasteiger partial charge is 0.319 e. The number of nitrogens with zero attached hydrogens (tertiary/aromatic N) is 2. The van der Waals surface area contributed by atoms with E-state index in [1.165, 1.54) is 6.07 Å². The number of benzene rings is 2. The molecule has 0 atom stereocenters. The van der Waals surface area contributed by atoms with Crippen molar-refractivity contribution in [3.63, 3.8) is 0 Å². The van der Waals surface area contributed by atoms with Crippen molar-refractivity contribution in [3.8, 4) is 0 Å². The standard InChI is InChI=1S/C20H22ClFN4O2/c1-25-8-9-26(13-19(25)27)12-15-4-7-17(10-18(15)22)24-20(28)23-11-14-2-5-16(21)6-3-14/h2-7,10H,8-9,11-13H2,1H3,(H2,23,24,28). The zero-order valence-corrected chi connectivity index (χ0v) is 16.3. The third kappa shape index (κ3) is 5.43. The third-order valence-electron chi connectivity index (χ3n) is 4.61. The van der Waals surface area contributed by atoms with E-state index in [0.29, 0.717) is 42.5 Å². The van der Waals surface area contributed by atoms with Crippen LogP contribution in [0.5, 0.6) is 0 Å². The number of halogens is 2. The molecule has 0 aromatic heterocycles. The summed E-state index contributed by atoms with van der Waals surface area (Å²) in [6, 6.07) is 11.3. The van der Waals surface area contributed by atoms with Crippen LogP contribution in [0.15, 0.2) is 42.5 Å². The second-order valence-electron chi connectivity index (χ2n) is 6.77. The molecule has 6 nitrogen and oxygen atoms in total. The molecule has 28 heavy (non-hydrogen) atoms. The van der Waals surface area contributed by atoms with Gasteiger partial charge in [-0.3, -0.25) is 9.69 Å². The Kier molecular flexibility index (Phi) is 6.49. The van der Waals surface area contributed by atoms with E-state index < -0.39 is 11.8 Å². The molecule has 2 N–H and O–H groups in total. The molecule has 0 saturated carbocycles. The summed E-state index contributed by atoms with van der Waals surface area (Å²) in [4.78, 5) is 27.4. The van der Waals surface area contributed by atoms with Crippen molar-refractivity contribution in [1.82, 2.24) is 15.1 Å². The molecule has 8 heteroatoms. The van der Waals surface area contributed by atoms with Gasteiger partial charge in [-0.25, -0.2) is 9.18 Å². The molecule has 2 aromatic carbocycles. The first-order chi connectivity index (χ1) is 13.4. The van der Waals surface area contributed by atoms with E-state index in [0.717, 1.165) is 5.56 Å². The van der Waals surface area contributed by atoms with Crippen LogP contribution in [0.2, 0.25) is 5.02 Å². The van der Waals surface area contributed by atoms with Crippen LogP contribution in [0.25, 0.3) is 0 Å². The molecule has 1 heterocycles. The second kappa shape index (κ2) is 9.03. The minimum absolute atomic E-state index is 0.0299. The number of hydrogen-bond donors (Lipinski definition) is 2. The van der Waals surface area contributed by atoms with Gasteiger partial charge in [0.05, 0.1) is 6.54 Å². The highest BCUT2D eigenvalue weighted by atomic mass is 35.5. The van der Waals surface area contributed by atoms with Gasteiger partial charge in [0, 0.05) is 49.5 Å². The fourth-order valence-electron chi connectivity index (χ4n) is 2.90. The Bertz CT molecular complexity index is 860. The first kappa shape index (κ1) is 20.1. The number of amides is 3. The van der Waals surface area contributed by atoms with Crippen molar-refractivity contribution in [2.24, 2.45) is 0 Å². The maximum atomic E-state index is 14.4. The summed E-state index contributed by atoms with van der Waals surface area (Å²) in [5.74, 6) is -0.385. The zero-order valence-electron chi connectivity index (χ0n) is 15.5. The van der Waals surface area contributed by atoms with Crippen LogP contribution in [0.1, 0.15) is 11.1 Å². The number of anilines is 1. The van der Waals surface area contributed by atoms with Crippen molar-refractivity contribution in [3.05, 3.63) is 64.4 Å². The Morgan fingerprint density at radius 2 is 1.93 bits per heavy atom. The Morgan fingerprint density at radius 3 is 2.61 bits per heavy atom. The molecule has 1 aliphatic rings. The number of likely N-dealkylation sites (N-methyl/N-ethyl adjacent to an activating group) is 1. The van der Waals surface area contributed by atoms with Crippen LogP contribution >= 0.6 is 11.6 Å². The highest BCUT2D eigenvalue weighted by Gasteiger charge is 2.21. The lowest BCUT2D eigenvalue weighted by atomic mass is 10.1. The highest BCUT2D eigenvalue weighted by molar-refractivity contribution is 6.30. The first-order valence-electron chi connectivity index (χ1n) is 8.95. The summed E-state index contributed by atoms with van der Waals surface area (Å²) in [5, 5.41) is 5.96. The summed E-state index contributed by atoms with van der Waals surface area (Å²) in [6.45, 7) is 2.31. The van der Waals surface area contributed by atoms with E-state index in [2.05, 4.69) is 10.6 Å². The number of piperazine rings is 1. The van der Waals surface area contributed by atoms with Crippen molar-refractivity contribution in [2.45, 2.75) is 13.1 Å². The number of urea groups is 1. The molecule has 1 aliphatic heterocycles. The minimum atomic E-state index is -0.424. The van der Waals surface area contributed by atoms with E-state index in [4.69, 9.17) is 11.6 Å². The van der Waals surface area contributed by atoms with Gasteiger partial charge in [0.15, 0.2) is 0 Å². The van der Waals surface area contributed by atoms with Crippen molar-refractivity contribution in [1.29, 1.82) is 0 Å². The highest BCUT2D eigenvalue weighted by Crippen LogP contribution is 2.17. The Balaban J connectivity index is 1.52. The number of nitrogens with one attached hydrogen (secondary N) is 2. The van der Waals surface area contributed by atoms with Gasteiger partial charge in [-0.05, 0) is 29.8 Å². The van der Waals surface area contributed by atoms with Gasteiger partial charge < -0.3 is 15.5 Å². The molecule has 0 unspecified atom stereocenters. The molecule has 1 saturated heterocycles. The molecule has 2 aromatic rings. The molecule has 0 spiro atoms. The van der Waals surface area contributed by atoms with Crippen molar-refractivity contribution >= 4 is 29.2 Å². The van der Waals surface area contributed by atoms with Gasteiger partial charge >= 0.3 is 6.03 Å². The largest absolute Gasteiger partial charge is 0.343 e. The molecule has 1 fully saturated rings. The quantitative estimate of drug-likeness (QED) is 0.805. The monoisotopic (exact) mass is 404 g/mol. The van der Waals surface area contributed by atoms with E-state index in [1.54, 1.807) is 36.2 Å². The summed E-state index contributed by atoms with van der Waals surface area (Å²) in [7, 11) is 1.76. The summed E-state index contributed by atoms with van der Waals surface area (Å²) in [6.07, 6.45) is 0. The molecular formula is C20H22ClFN4O2. The van der Waals surface area contributed by atoms with Crippen LogP contribution in [0.3, 0.4) is 0 Å². The molecule has 3 rings (SSSR count). The van der Waals surface area contributed by atoms with Gasteiger partial charge in [0.2, 0.25) is 5.91 Å². The lowest BCUT2D eigenvalue weighted by Gasteiger charge is -2.32. The SMILES string of the molecule is CN1CCN(Cc2ccc(NC(=O)NCc3ccc(Cl)cc3)cc2F)CC1=O. The summed E-state index contributed by atoms with van der Waals surface area (Å²) < 4.78 is 14.4. The third-order valence-corrected chi connectivity index (χ3v) is 4.86. The van der Waals surface area contributed by atoms with Gasteiger partial charge in [0.1, 0.15) is 5.82 Å². The van der Waals surface area contributed by atoms with Crippen LogP contribution < -0.4 is 10.6 Å². The maximum absolute atomic E-state index is 14.4. The first-order valence-corrected chi connectivity index (χ1v) is 9.32. The number of hydrogen-bond acceptors (Lipinski definition) is 3. The Labute approximate surface area is 168 Å². The second-order valence-corrected chi connectivity index (χ2v) is 7.20. The molecular weight excluding hydrogens is 383 g/mol. The fourth-order valence-corrected chi connectivity index (χ4v) is 3.02. The Morgan fingerprint density at radius 1 is 1.18 bits per heavy atom. The topological polar surface area (TPSA) is 64.7 Å². The van der Waals surface area contributed by atoms with Gasteiger partial charge in [-0.1, -0.05) is 29.8 Å². The number of carbonyl (C=O) groups excluding carboxylic acids is 2. The summed E-state index contributed by atoms with van der Waals surface area (Å²) >= 11 is 5.83. The van der Waals surface area contributed by atoms with Crippen LogP contribution in [0, 0.1) is 5.82 Å². The number of rotatable bonds is 5. The lowest BCUT2D eigenvalue weighted by Crippen LogP contribution is -2.48. The van der Waals surface area contributed by atoms with E-state index in [9.17, 15) is 14.0 Å². The molecule has 0 bridgehead atoms. The molecule has 3 amide bonds. The predicted octanol–water partition coefficient (Wildman–Crippen LogP) is 3.07. The molecule has 0 radical (unpaired) electrons. The maximum Gasteiger partial charge on any atom is 0.319 e. The average molecular weight is 405 g/mol. The van der Waals surface area contributed by atoms with Gasteiger partial charge in [-0.15, -0.1) is 0 Å². The number of carbonyl (C=O) groups is 2. The molecule has 0 aliphatic carbocycles. The van der Waals surface area contributed by atoms with Gasteiger partial charge in [-0.2, -0.15) is 0 Å². The predicted molar refractivity (Wildman–Crippen MR) is 107 cm³/mol. The van der Waals surface area contributed by atoms with Crippen molar-refractivity contribution in [2.75, 3.05) is 32.0 Å². The minimum Gasteiger partial charge on any atom is -0.343 e. The van der Waals surface area contributed by atoms with Gasteiger partial charge in [0.25, 0.3) is 0 Å². The van der Waals surface area contributed by atoms with E-state index >= 15 is 0 Å².